The Kier molecular flexibility index (Phi) is 4.08. The smallest absolute Gasteiger partial charge is 0.146 e. The van der Waals surface area contributed by atoms with Crippen LogP contribution in [0.1, 0.15) is 5.56 Å². The van der Waals surface area contributed by atoms with Gasteiger partial charge < -0.3 is 15.6 Å². The van der Waals surface area contributed by atoms with Gasteiger partial charge in [0.25, 0.3) is 0 Å². The average molecular weight is 284 g/mol. The molecule has 1 fully saturated rings. The molecular weight excluding hydrogens is 264 g/mol. The van der Waals surface area contributed by atoms with Gasteiger partial charge in [-0.3, -0.25) is 4.90 Å². The predicted molar refractivity (Wildman–Crippen MR) is 84.1 cm³/mol. The molecule has 0 saturated carbocycles. The van der Waals surface area contributed by atoms with Crippen LogP contribution in [0.5, 0.6) is 5.75 Å². The zero-order valence-electron chi connectivity index (χ0n) is 12.0. The number of hydrogen-bond donors (Lipinski definition) is 2. The van der Waals surface area contributed by atoms with Crippen molar-refractivity contribution in [3.05, 3.63) is 48.0 Å². The van der Waals surface area contributed by atoms with Crippen LogP contribution in [0, 0.1) is 0 Å². The van der Waals surface area contributed by atoms with E-state index in [1.165, 1.54) is 5.56 Å². The van der Waals surface area contributed by atoms with Crippen molar-refractivity contribution in [3.8, 4) is 16.9 Å². The minimum Gasteiger partial charge on any atom is -0.505 e. The van der Waals surface area contributed by atoms with Crippen molar-refractivity contribution >= 4 is 5.69 Å². The summed E-state index contributed by atoms with van der Waals surface area (Å²) in [5.74, 6) is 0.151. The van der Waals surface area contributed by atoms with Crippen LogP contribution < -0.4 is 5.73 Å². The number of hydrogen-bond acceptors (Lipinski definition) is 4. The van der Waals surface area contributed by atoms with E-state index in [-0.39, 0.29) is 5.75 Å². The highest BCUT2D eigenvalue weighted by atomic mass is 16.5. The largest absolute Gasteiger partial charge is 0.505 e. The number of nitrogens with two attached hydrogens (primary N) is 1. The Hall–Kier alpha value is -2.04. The van der Waals surface area contributed by atoms with Crippen molar-refractivity contribution < 1.29 is 9.84 Å². The van der Waals surface area contributed by atoms with Crippen molar-refractivity contribution in [3.63, 3.8) is 0 Å². The monoisotopic (exact) mass is 284 g/mol. The molecule has 1 heterocycles. The number of aromatic hydroxyl groups is 1. The SMILES string of the molecule is Nc1cccc(-c2ccc(CN3CCOCC3)cc2)c1O. The Bertz CT molecular complexity index is 605. The Morgan fingerprint density at radius 3 is 2.48 bits per heavy atom. The molecule has 0 atom stereocenters. The summed E-state index contributed by atoms with van der Waals surface area (Å²) in [6.07, 6.45) is 0. The number of phenolic OH excluding ortho intramolecular Hbond substituents is 1. The lowest BCUT2D eigenvalue weighted by Gasteiger charge is -2.26. The van der Waals surface area contributed by atoms with Crippen LogP contribution in [0.25, 0.3) is 11.1 Å². The molecule has 1 saturated heterocycles. The van der Waals surface area contributed by atoms with Gasteiger partial charge in [-0.25, -0.2) is 0 Å². The maximum atomic E-state index is 10.0. The van der Waals surface area contributed by atoms with Crippen molar-refractivity contribution in [2.75, 3.05) is 32.0 Å². The second-order valence-corrected chi connectivity index (χ2v) is 5.33. The number of anilines is 1. The molecule has 0 spiro atoms. The quantitative estimate of drug-likeness (QED) is 0.671. The molecule has 110 valence electrons. The van der Waals surface area contributed by atoms with Crippen LogP contribution in [0.2, 0.25) is 0 Å². The number of morpholine rings is 1. The number of nitrogens with zero attached hydrogens (tertiary/aromatic N) is 1. The van der Waals surface area contributed by atoms with E-state index in [4.69, 9.17) is 10.5 Å². The number of para-hydroxylation sites is 1. The van der Waals surface area contributed by atoms with Gasteiger partial charge in [-0.15, -0.1) is 0 Å². The molecule has 4 nitrogen and oxygen atoms in total. The fraction of sp³-hybridized carbons (Fsp3) is 0.294. The lowest BCUT2D eigenvalue weighted by molar-refractivity contribution is 0.0342. The average Bonchev–Trinajstić information content (AvgIpc) is 2.52. The zero-order chi connectivity index (χ0) is 14.7. The van der Waals surface area contributed by atoms with Crippen LogP contribution in [0.15, 0.2) is 42.5 Å². The summed E-state index contributed by atoms with van der Waals surface area (Å²) in [5.41, 5.74) is 9.17. The molecule has 0 amide bonds. The van der Waals surface area contributed by atoms with Crippen LogP contribution >= 0.6 is 0 Å². The van der Waals surface area contributed by atoms with E-state index in [0.29, 0.717) is 5.69 Å². The Morgan fingerprint density at radius 1 is 1.05 bits per heavy atom. The predicted octanol–water partition coefficient (Wildman–Crippen LogP) is 2.47. The summed E-state index contributed by atoms with van der Waals surface area (Å²) in [7, 11) is 0. The van der Waals surface area contributed by atoms with Crippen LogP contribution in [0.3, 0.4) is 0 Å². The van der Waals surface area contributed by atoms with Crippen molar-refractivity contribution in [2.45, 2.75) is 6.54 Å². The summed E-state index contributed by atoms with van der Waals surface area (Å²) >= 11 is 0. The zero-order valence-corrected chi connectivity index (χ0v) is 12.0. The first kappa shape index (κ1) is 13.9. The minimum absolute atomic E-state index is 0.151. The fourth-order valence-electron chi connectivity index (χ4n) is 2.60. The van der Waals surface area contributed by atoms with Crippen LogP contribution in [-0.4, -0.2) is 36.3 Å². The third-order valence-electron chi connectivity index (χ3n) is 3.84. The molecule has 21 heavy (non-hydrogen) atoms. The van der Waals surface area contributed by atoms with E-state index in [9.17, 15) is 5.11 Å². The molecule has 0 unspecified atom stereocenters. The van der Waals surface area contributed by atoms with Gasteiger partial charge in [-0.2, -0.15) is 0 Å². The highest BCUT2D eigenvalue weighted by molar-refractivity contribution is 5.76. The van der Waals surface area contributed by atoms with Gasteiger partial charge in [0.05, 0.1) is 18.9 Å². The van der Waals surface area contributed by atoms with Gasteiger partial charge in [0, 0.05) is 25.2 Å². The van der Waals surface area contributed by atoms with Crippen LogP contribution in [-0.2, 0) is 11.3 Å². The van der Waals surface area contributed by atoms with E-state index in [0.717, 1.165) is 44.0 Å². The number of nitrogen functional groups attached to an aromatic ring is 1. The van der Waals surface area contributed by atoms with Gasteiger partial charge in [0.1, 0.15) is 5.75 Å². The molecule has 0 aromatic heterocycles. The van der Waals surface area contributed by atoms with Gasteiger partial charge in [0.15, 0.2) is 0 Å². The van der Waals surface area contributed by atoms with Gasteiger partial charge >= 0.3 is 0 Å². The van der Waals surface area contributed by atoms with E-state index in [1.54, 1.807) is 6.07 Å². The van der Waals surface area contributed by atoms with E-state index < -0.39 is 0 Å². The van der Waals surface area contributed by atoms with Crippen molar-refractivity contribution in [1.29, 1.82) is 0 Å². The first-order chi connectivity index (χ1) is 10.2. The standard InChI is InChI=1S/C17H20N2O2/c18-16-3-1-2-15(17(16)20)14-6-4-13(5-7-14)12-19-8-10-21-11-9-19/h1-7,20H,8-12,18H2. The number of rotatable bonds is 3. The van der Waals surface area contributed by atoms with Gasteiger partial charge in [-0.1, -0.05) is 36.4 Å². The number of ether oxygens (including phenoxy) is 1. The van der Waals surface area contributed by atoms with E-state index in [2.05, 4.69) is 17.0 Å². The second-order valence-electron chi connectivity index (χ2n) is 5.33. The molecule has 1 aliphatic heterocycles. The minimum atomic E-state index is 0.151. The maximum Gasteiger partial charge on any atom is 0.146 e. The van der Waals surface area contributed by atoms with E-state index >= 15 is 0 Å². The molecule has 3 N–H and O–H groups in total. The third-order valence-corrected chi connectivity index (χ3v) is 3.84. The molecular formula is C17H20N2O2. The summed E-state index contributed by atoms with van der Waals surface area (Å²) in [4.78, 5) is 2.39. The van der Waals surface area contributed by atoms with Crippen LogP contribution in [0.4, 0.5) is 5.69 Å². The third kappa shape index (κ3) is 3.17. The Balaban J connectivity index is 1.75. The lowest BCUT2D eigenvalue weighted by atomic mass is 10.0. The summed E-state index contributed by atoms with van der Waals surface area (Å²) < 4.78 is 5.36. The molecule has 0 bridgehead atoms. The molecule has 3 rings (SSSR count). The van der Waals surface area contributed by atoms with Gasteiger partial charge in [-0.05, 0) is 17.2 Å². The number of phenols is 1. The number of benzene rings is 2. The summed E-state index contributed by atoms with van der Waals surface area (Å²) in [6.45, 7) is 4.53. The molecule has 0 radical (unpaired) electrons. The highest BCUT2D eigenvalue weighted by Crippen LogP contribution is 2.33. The Morgan fingerprint density at radius 2 is 1.76 bits per heavy atom. The van der Waals surface area contributed by atoms with E-state index in [1.807, 2.05) is 24.3 Å². The molecule has 2 aromatic rings. The summed E-state index contributed by atoms with van der Waals surface area (Å²) in [6, 6.07) is 13.7. The highest BCUT2D eigenvalue weighted by Gasteiger charge is 2.11. The second kappa shape index (κ2) is 6.16. The molecule has 2 aromatic carbocycles. The van der Waals surface area contributed by atoms with Crippen molar-refractivity contribution in [1.82, 2.24) is 4.90 Å². The molecule has 0 aliphatic carbocycles. The van der Waals surface area contributed by atoms with Crippen molar-refractivity contribution in [2.24, 2.45) is 0 Å². The summed E-state index contributed by atoms with van der Waals surface area (Å²) in [5, 5.41) is 10.0. The topological polar surface area (TPSA) is 58.7 Å². The molecule has 1 aliphatic rings. The van der Waals surface area contributed by atoms with Gasteiger partial charge in [0.2, 0.25) is 0 Å². The fourth-order valence-corrected chi connectivity index (χ4v) is 2.60. The normalized spacial score (nSPS) is 16.0. The maximum absolute atomic E-state index is 10.0. The Labute approximate surface area is 124 Å². The first-order valence-electron chi connectivity index (χ1n) is 7.21. The molecule has 4 heteroatoms. The first-order valence-corrected chi connectivity index (χ1v) is 7.21. The lowest BCUT2D eigenvalue weighted by Crippen LogP contribution is -2.35.